The molecule has 0 radical (unpaired) electrons. The van der Waals surface area contributed by atoms with E-state index < -0.39 is 0 Å². The van der Waals surface area contributed by atoms with Gasteiger partial charge in [-0.25, -0.2) is 4.98 Å². The topological polar surface area (TPSA) is 38.9 Å². The number of allylic oxidation sites excluding steroid dienone is 1. The van der Waals surface area contributed by atoms with E-state index in [0.717, 1.165) is 12.8 Å². The van der Waals surface area contributed by atoms with Crippen LogP contribution in [-0.4, -0.2) is 4.98 Å². The maximum atomic E-state index is 5.80. The van der Waals surface area contributed by atoms with Gasteiger partial charge in [0, 0.05) is 6.20 Å². The van der Waals surface area contributed by atoms with Crippen LogP contribution in [0.2, 0.25) is 0 Å². The van der Waals surface area contributed by atoms with E-state index in [4.69, 9.17) is 5.73 Å². The van der Waals surface area contributed by atoms with Gasteiger partial charge in [-0.15, -0.1) is 6.58 Å². The van der Waals surface area contributed by atoms with Crippen molar-refractivity contribution in [2.24, 2.45) is 0 Å². The molecule has 0 aliphatic heterocycles. The van der Waals surface area contributed by atoms with Gasteiger partial charge in [-0.2, -0.15) is 0 Å². The average molecular weight is 204 g/mol. The number of pyridine rings is 1. The molecule has 1 aromatic rings. The lowest BCUT2D eigenvalue weighted by Crippen LogP contribution is -1.98. The van der Waals surface area contributed by atoms with Crippen LogP contribution in [0, 0.1) is 6.92 Å². The van der Waals surface area contributed by atoms with Gasteiger partial charge in [-0.05, 0) is 43.7 Å². The first kappa shape index (κ1) is 11.8. The van der Waals surface area contributed by atoms with Crippen LogP contribution < -0.4 is 5.73 Å². The zero-order valence-electron chi connectivity index (χ0n) is 9.50. The van der Waals surface area contributed by atoms with Gasteiger partial charge in [0.1, 0.15) is 5.82 Å². The summed E-state index contributed by atoms with van der Waals surface area (Å²) in [7, 11) is 0. The normalized spacial score (nSPS) is 10.2. The average Bonchev–Trinajstić information content (AvgIpc) is 2.23. The summed E-state index contributed by atoms with van der Waals surface area (Å²) in [6.45, 7) is 5.76. The Morgan fingerprint density at radius 2 is 2.20 bits per heavy atom. The van der Waals surface area contributed by atoms with Crippen LogP contribution in [0.5, 0.6) is 0 Å². The van der Waals surface area contributed by atoms with Gasteiger partial charge < -0.3 is 5.73 Å². The summed E-state index contributed by atoms with van der Waals surface area (Å²) >= 11 is 0. The lowest BCUT2D eigenvalue weighted by atomic mass is 10.1. The molecule has 2 N–H and O–H groups in total. The Hall–Kier alpha value is -1.31. The van der Waals surface area contributed by atoms with Crippen molar-refractivity contribution in [3.8, 4) is 0 Å². The highest BCUT2D eigenvalue weighted by atomic mass is 14.8. The smallest absolute Gasteiger partial charge is 0.126 e. The van der Waals surface area contributed by atoms with Crippen molar-refractivity contribution in [2.45, 2.75) is 39.0 Å². The van der Waals surface area contributed by atoms with Crippen LogP contribution >= 0.6 is 0 Å². The quantitative estimate of drug-likeness (QED) is 0.570. The van der Waals surface area contributed by atoms with Crippen molar-refractivity contribution in [2.75, 3.05) is 5.73 Å². The van der Waals surface area contributed by atoms with Crippen LogP contribution in [0.3, 0.4) is 0 Å². The summed E-state index contributed by atoms with van der Waals surface area (Å²) in [5, 5.41) is 0. The molecule has 0 saturated carbocycles. The van der Waals surface area contributed by atoms with Crippen molar-refractivity contribution in [3.63, 3.8) is 0 Å². The second-order valence-corrected chi connectivity index (χ2v) is 3.95. The second-order valence-electron chi connectivity index (χ2n) is 3.95. The van der Waals surface area contributed by atoms with Crippen LogP contribution in [0.15, 0.2) is 24.9 Å². The number of aromatic nitrogens is 1. The number of nitrogen functional groups attached to an aromatic ring is 1. The van der Waals surface area contributed by atoms with E-state index in [-0.39, 0.29) is 0 Å². The molecule has 2 heteroatoms. The zero-order valence-corrected chi connectivity index (χ0v) is 9.50. The molecule has 1 heterocycles. The molecule has 0 unspecified atom stereocenters. The number of aryl methyl sites for hydroxylation is 2. The fourth-order valence-corrected chi connectivity index (χ4v) is 1.62. The minimum absolute atomic E-state index is 0.685. The van der Waals surface area contributed by atoms with Crippen molar-refractivity contribution < 1.29 is 0 Å². The molecular formula is C13H20N2. The molecule has 0 fully saturated rings. The highest BCUT2D eigenvalue weighted by Gasteiger charge is 2.00. The summed E-state index contributed by atoms with van der Waals surface area (Å²) < 4.78 is 0. The molecule has 0 atom stereocenters. The second kappa shape index (κ2) is 6.23. The van der Waals surface area contributed by atoms with Gasteiger partial charge >= 0.3 is 0 Å². The number of unbranched alkanes of at least 4 members (excludes halogenated alkanes) is 3. The van der Waals surface area contributed by atoms with Crippen LogP contribution in [-0.2, 0) is 6.42 Å². The SMILES string of the molecule is C=CCCCCCc1cc(C)cnc1N. The van der Waals surface area contributed by atoms with Gasteiger partial charge in [0.25, 0.3) is 0 Å². The molecule has 82 valence electrons. The first-order valence-corrected chi connectivity index (χ1v) is 5.56. The van der Waals surface area contributed by atoms with Crippen LogP contribution in [0.4, 0.5) is 5.82 Å². The minimum Gasteiger partial charge on any atom is -0.383 e. The molecule has 15 heavy (non-hydrogen) atoms. The molecule has 1 rings (SSSR count). The fraction of sp³-hybridized carbons (Fsp3) is 0.462. The fourth-order valence-electron chi connectivity index (χ4n) is 1.62. The molecule has 0 amide bonds. The highest BCUT2D eigenvalue weighted by Crippen LogP contribution is 2.14. The molecule has 0 aliphatic carbocycles. The highest BCUT2D eigenvalue weighted by molar-refractivity contribution is 5.40. The third-order valence-corrected chi connectivity index (χ3v) is 2.49. The van der Waals surface area contributed by atoms with E-state index in [0.29, 0.717) is 5.82 Å². The van der Waals surface area contributed by atoms with E-state index in [1.165, 1.54) is 30.4 Å². The molecular weight excluding hydrogens is 184 g/mol. The monoisotopic (exact) mass is 204 g/mol. The van der Waals surface area contributed by atoms with E-state index >= 15 is 0 Å². The number of hydrogen-bond donors (Lipinski definition) is 1. The largest absolute Gasteiger partial charge is 0.383 e. The van der Waals surface area contributed by atoms with Crippen LogP contribution in [0.25, 0.3) is 0 Å². The molecule has 2 nitrogen and oxygen atoms in total. The third-order valence-electron chi connectivity index (χ3n) is 2.49. The molecule has 0 saturated heterocycles. The van der Waals surface area contributed by atoms with Crippen molar-refractivity contribution in [1.82, 2.24) is 4.98 Å². The van der Waals surface area contributed by atoms with Crippen molar-refractivity contribution in [3.05, 3.63) is 36.0 Å². The van der Waals surface area contributed by atoms with Gasteiger partial charge in [-0.3, -0.25) is 0 Å². The zero-order chi connectivity index (χ0) is 11.1. The van der Waals surface area contributed by atoms with E-state index in [1.54, 1.807) is 0 Å². The molecule has 0 aromatic carbocycles. The maximum Gasteiger partial charge on any atom is 0.126 e. The number of nitrogens with two attached hydrogens (primary N) is 1. The number of hydrogen-bond acceptors (Lipinski definition) is 2. The standard InChI is InChI=1S/C13H20N2/c1-3-4-5-6-7-8-12-9-11(2)10-15-13(12)14/h3,9-10H,1,4-8H2,2H3,(H2,14,15). The van der Waals surface area contributed by atoms with Gasteiger partial charge in [0.05, 0.1) is 0 Å². The van der Waals surface area contributed by atoms with Crippen molar-refractivity contribution >= 4 is 5.82 Å². The lowest BCUT2D eigenvalue weighted by molar-refractivity contribution is 0.687. The summed E-state index contributed by atoms with van der Waals surface area (Å²) in [6, 6.07) is 2.13. The summed E-state index contributed by atoms with van der Waals surface area (Å²) in [4.78, 5) is 4.16. The number of rotatable bonds is 6. The summed E-state index contributed by atoms with van der Waals surface area (Å²) in [6.07, 6.45) is 9.59. The summed E-state index contributed by atoms with van der Waals surface area (Å²) in [5.74, 6) is 0.685. The molecule has 0 aliphatic rings. The first-order chi connectivity index (χ1) is 7.24. The Morgan fingerprint density at radius 1 is 1.40 bits per heavy atom. The first-order valence-electron chi connectivity index (χ1n) is 5.56. The Labute approximate surface area is 92.2 Å². The van der Waals surface area contributed by atoms with Gasteiger partial charge in [0.15, 0.2) is 0 Å². The number of anilines is 1. The molecule has 0 spiro atoms. The lowest BCUT2D eigenvalue weighted by Gasteiger charge is -2.05. The Bertz CT molecular complexity index is 318. The van der Waals surface area contributed by atoms with E-state index in [9.17, 15) is 0 Å². The van der Waals surface area contributed by atoms with Crippen molar-refractivity contribution in [1.29, 1.82) is 0 Å². The summed E-state index contributed by atoms with van der Waals surface area (Å²) in [5.41, 5.74) is 8.18. The predicted octanol–water partition coefficient (Wildman–Crippen LogP) is 3.26. The van der Waals surface area contributed by atoms with E-state index in [1.807, 2.05) is 19.2 Å². The Morgan fingerprint density at radius 3 is 2.93 bits per heavy atom. The Kier molecular flexibility index (Phi) is 4.88. The number of nitrogens with zero attached hydrogens (tertiary/aromatic N) is 1. The van der Waals surface area contributed by atoms with Crippen LogP contribution in [0.1, 0.15) is 36.8 Å². The maximum absolute atomic E-state index is 5.80. The predicted molar refractivity (Wildman–Crippen MR) is 65.8 cm³/mol. The van der Waals surface area contributed by atoms with E-state index in [2.05, 4.69) is 17.6 Å². The molecule has 0 bridgehead atoms. The van der Waals surface area contributed by atoms with Gasteiger partial charge in [0.2, 0.25) is 0 Å². The Balaban J connectivity index is 2.36. The minimum atomic E-state index is 0.685. The molecule has 1 aromatic heterocycles. The third kappa shape index (κ3) is 4.15. The van der Waals surface area contributed by atoms with Gasteiger partial charge in [-0.1, -0.05) is 18.6 Å².